The molecule has 0 heterocycles. The van der Waals surface area contributed by atoms with Gasteiger partial charge in [0.25, 0.3) is 0 Å². The maximum atomic E-state index is 6.07. The zero-order chi connectivity index (χ0) is 33.6. The zero-order valence-corrected chi connectivity index (χ0v) is 28.8. The quantitative estimate of drug-likeness (QED) is 0.158. The summed E-state index contributed by atoms with van der Waals surface area (Å²) in [5.41, 5.74) is 9.79. The van der Waals surface area contributed by atoms with Gasteiger partial charge < -0.3 is 14.5 Å². The summed E-state index contributed by atoms with van der Waals surface area (Å²) in [6, 6.07) is 54.9. The highest BCUT2D eigenvalue weighted by Gasteiger charge is 2.15. The maximum absolute atomic E-state index is 6.07. The van der Waals surface area contributed by atoms with Gasteiger partial charge in [0.15, 0.2) is 0 Å². The maximum Gasteiger partial charge on any atom is 0.127 e. The van der Waals surface area contributed by atoms with E-state index in [-0.39, 0.29) is 0 Å². The van der Waals surface area contributed by atoms with Crippen molar-refractivity contribution >= 4 is 22.7 Å². The van der Waals surface area contributed by atoms with Gasteiger partial charge in [-0.25, -0.2) is 0 Å². The Labute approximate surface area is 288 Å². The Morgan fingerprint density at radius 2 is 0.625 bits per heavy atom. The Bertz CT molecular complexity index is 1740. The molecule has 48 heavy (non-hydrogen) atoms. The summed E-state index contributed by atoms with van der Waals surface area (Å²) in [4.78, 5) is 4.74. The second-order valence-corrected chi connectivity index (χ2v) is 12.4. The molecule has 6 aromatic carbocycles. The van der Waals surface area contributed by atoms with Crippen LogP contribution in [-0.4, -0.2) is 13.1 Å². The van der Waals surface area contributed by atoms with Gasteiger partial charge in [-0.3, -0.25) is 0 Å². The molecule has 7 rings (SSSR count). The summed E-state index contributed by atoms with van der Waals surface area (Å²) in [5, 5.41) is 0. The van der Waals surface area contributed by atoms with E-state index in [1.807, 2.05) is 24.3 Å². The molecule has 0 bridgehead atoms. The van der Waals surface area contributed by atoms with E-state index in [2.05, 4.69) is 171 Å². The van der Waals surface area contributed by atoms with E-state index >= 15 is 0 Å². The van der Waals surface area contributed by atoms with Gasteiger partial charge in [0.1, 0.15) is 11.5 Å². The molecular weight excluding hydrogens is 585 g/mol. The van der Waals surface area contributed by atoms with Gasteiger partial charge in [-0.2, -0.15) is 0 Å². The average Bonchev–Trinajstić information content (AvgIpc) is 4.02. The summed E-state index contributed by atoms with van der Waals surface area (Å²) >= 11 is 0. The first-order valence-electron chi connectivity index (χ1n) is 17.0. The minimum absolute atomic E-state index is 0.810. The Hall–Kier alpha value is -5.28. The number of ether oxygens (including phenoxy) is 1. The van der Waals surface area contributed by atoms with E-state index in [1.54, 1.807) is 0 Å². The van der Waals surface area contributed by atoms with E-state index in [1.165, 1.54) is 52.9 Å². The Morgan fingerprint density at radius 1 is 0.354 bits per heavy atom. The normalized spacial score (nSPS) is 11.2. The molecule has 0 aromatic heterocycles. The summed E-state index contributed by atoms with van der Waals surface area (Å²) < 4.78 is 6.07. The van der Waals surface area contributed by atoms with Crippen molar-refractivity contribution < 1.29 is 4.74 Å². The minimum atomic E-state index is 0.810. The summed E-state index contributed by atoms with van der Waals surface area (Å²) in [6.45, 7) is 10.0. The van der Waals surface area contributed by atoms with Crippen molar-refractivity contribution in [2.75, 3.05) is 22.9 Å². The lowest BCUT2D eigenvalue weighted by Crippen LogP contribution is -2.30. The van der Waals surface area contributed by atoms with Crippen LogP contribution < -0.4 is 14.5 Å². The molecule has 1 aliphatic rings. The molecule has 0 amide bonds. The van der Waals surface area contributed by atoms with Crippen molar-refractivity contribution in [3.05, 3.63) is 180 Å². The molecule has 0 saturated heterocycles. The molecule has 0 spiro atoms. The second kappa shape index (κ2) is 17.6. The van der Waals surface area contributed by atoms with Crippen molar-refractivity contribution in [2.45, 2.75) is 47.0 Å². The molecule has 3 nitrogen and oxygen atoms in total. The number of hydrogen-bond donors (Lipinski definition) is 0. The lowest BCUT2D eigenvalue weighted by Gasteiger charge is -2.31. The first-order chi connectivity index (χ1) is 23.4. The Kier molecular flexibility index (Phi) is 12.5. The van der Waals surface area contributed by atoms with Gasteiger partial charge in [0, 0.05) is 35.8 Å². The van der Waals surface area contributed by atoms with Crippen LogP contribution in [-0.2, 0) is 0 Å². The molecule has 244 valence electrons. The number of nitrogens with zero attached hydrogens (tertiary/aromatic N) is 2. The van der Waals surface area contributed by atoms with Crippen molar-refractivity contribution in [1.29, 1.82) is 0 Å². The van der Waals surface area contributed by atoms with Crippen LogP contribution in [0.5, 0.6) is 11.5 Å². The molecular formula is C45H48N2O. The highest BCUT2D eigenvalue weighted by atomic mass is 16.5. The van der Waals surface area contributed by atoms with E-state index in [4.69, 9.17) is 4.74 Å². The van der Waals surface area contributed by atoms with Crippen molar-refractivity contribution in [2.24, 2.45) is 0 Å². The molecule has 1 saturated carbocycles. The summed E-state index contributed by atoms with van der Waals surface area (Å²) in [6.07, 6.45) is 4.50. The topological polar surface area (TPSA) is 15.7 Å². The lowest BCUT2D eigenvalue weighted by molar-refractivity contribution is 0.482. The molecule has 0 unspecified atom stereocenters. The summed E-state index contributed by atoms with van der Waals surface area (Å²) in [5.74, 6) is 1.67. The van der Waals surface area contributed by atoms with Gasteiger partial charge in [-0.15, -0.1) is 0 Å². The van der Waals surface area contributed by atoms with Crippen LogP contribution in [0.3, 0.4) is 0 Å². The molecule has 0 radical (unpaired) electrons. The predicted octanol–water partition coefficient (Wildman–Crippen LogP) is 12.5. The van der Waals surface area contributed by atoms with Crippen LogP contribution >= 0.6 is 0 Å². The number of para-hydroxylation sites is 2. The molecule has 0 N–H and O–H groups in total. The Balaban J connectivity index is 0.000000346. The highest BCUT2D eigenvalue weighted by molar-refractivity contribution is 5.67. The third kappa shape index (κ3) is 10.9. The fraction of sp³-hybridized carbons (Fsp3) is 0.200. The van der Waals surface area contributed by atoms with E-state index in [0.29, 0.717) is 0 Å². The standard InChI is InChI=1S/C34H32N2O.C8H10.C3H6/c1-27-13-17-31(18-14-27)35(29-9-5-3-6-10-29)25-26-36(30-11-7-4-8-12-30)32-19-23-34(24-20-32)37-33-21-15-28(2)16-22-33;1-7-3-5-8(2)6-4-7;1-2-3-1/h3-24H,25-26H2,1-2H3;3-6H,1-2H3;1-3H2. The van der Waals surface area contributed by atoms with E-state index < -0.39 is 0 Å². The highest BCUT2D eigenvalue weighted by Crippen LogP contribution is 2.31. The second-order valence-electron chi connectivity index (χ2n) is 12.4. The minimum Gasteiger partial charge on any atom is -0.457 e. The molecule has 0 aliphatic heterocycles. The van der Waals surface area contributed by atoms with Crippen LogP contribution in [0, 0.1) is 27.7 Å². The third-order valence-corrected chi connectivity index (χ3v) is 8.01. The average molecular weight is 633 g/mol. The molecule has 1 aliphatic carbocycles. The fourth-order valence-corrected chi connectivity index (χ4v) is 5.03. The van der Waals surface area contributed by atoms with E-state index in [0.717, 1.165) is 36.0 Å². The zero-order valence-electron chi connectivity index (χ0n) is 28.8. The van der Waals surface area contributed by atoms with Gasteiger partial charge in [-0.05, 0) is 100 Å². The van der Waals surface area contributed by atoms with Crippen molar-refractivity contribution in [3.8, 4) is 11.5 Å². The first-order valence-corrected chi connectivity index (χ1v) is 17.0. The molecule has 6 aromatic rings. The number of benzene rings is 6. The molecule has 0 atom stereocenters. The number of hydrogen-bond acceptors (Lipinski definition) is 3. The van der Waals surface area contributed by atoms with Crippen molar-refractivity contribution in [3.63, 3.8) is 0 Å². The van der Waals surface area contributed by atoms with Crippen molar-refractivity contribution in [1.82, 2.24) is 0 Å². The van der Waals surface area contributed by atoms with Gasteiger partial charge >= 0.3 is 0 Å². The van der Waals surface area contributed by atoms with Gasteiger partial charge in [-0.1, -0.05) is 126 Å². The van der Waals surface area contributed by atoms with Gasteiger partial charge in [0.2, 0.25) is 0 Å². The van der Waals surface area contributed by atoms with Crippen LogP contribution in [0.25, 0.3) is 0 Å². The first kappa shape index (κ1) is 34.1. The van der Waals surface area contributed by atoms with Crippen LogP contribution in [0.15, 0.2) is 158 Å². The van der Waals surface area contributed by atoms with Crippen LogP contribution in [0.2, 0.25) is 0 Å². The molecule has 1 fully saturated rings. The van der Waals surface area contributed by atoms with Crippen LogP contribution in [0.1, 0.15) is 41.5 Å². The lowest BCUT2D eigenvalue weighted by atomic mass is 10.2. The van der Waals surface area contributed by atoms with Gasteiger partial charge in [0.05, 0.1) is 0 Å². The molecule has 3 heteroatoms. The van der Waals surface area contributed by atoms with E-state index in [9.17, 15) is 0 Å². The third-order valence-electron chi connectivity index (χ3n) is 8.01. The predicted molar refractivity (Wildman–Crippen MR) is 206 cm³/mol. The van der Waals surface area contributed by atoms with Crippen LogP contribution in [0.4, 0.5) is 22.7 Å². The SMILES string of the molecule is C1CC1.Cc1ccc(C)cc1.Cc1ccc(Oc2ccc(N(CCN(c3ccccc3)c3ccc(C)cc3)c3ccccc3)cc2)cc1. The number of rotatable bonds is 9. The smallest absolute Gasteiger partial charge is 0.127 e. The number of aryl methyl sites for hydroxylation is 4. The monoisotopic (exact) mass is 632 g/mol. The fourth-order valence-electron chi connectivity index (χ4n) is 5.03. The Morgan fingerprint density at radius 3 is 0.979 bits per heavy atom. The number of anilines is 4. The largest absolute Gasteiger partial charge is 0.457 e. The summed E-state index contributed by atoms with van der Waals surface area (Å²) in [7, 11) is 0.